The molecule has 0 radical (unpaired) electrons. The first-order chi connectivity index (χ1) is 18.2. The van der Waals surface area contributed by atoms with Crippen molar-refractivity contribution in [2.75, 3.05) is 19.8 Å². The molecule has 3 aromatic rings. The number of rotatable bonds is 9. The minimum absolute atomic E-state index is 0.0679. The van der Waals surface area contributed by atoms with E-state index in [1.165, 1.54) is 6.07 Å². The molecular formula is C24H25ClF2N4O7. The largest absolute Gasteiger partial charge is 0.471 e. The van der Waals surface area contributed by atoms with Gasteiger partial charge < -0.3 is 29.0 Å². The molecule has 2 aliphatic heterocycles. The second kappa shape index (κ2) is 10.9. The van der Waals surface area contributed by atoms with Crippen LogP contribution in [0, 0.1) is 17.6 Å². The molecule has 2 aromatic heterocycles. The third-order valence-electron chi connectivity index (χ3n) is 5.96. The number of H-pyrrole nitrogens is 1. The Balaban J connectivity index is 1.25. The van der Waals surface area contributed by atoms with E-state index in [0.29, 0.717) is 5.52 Å². The van der Waals surface area contributed by atoms with Gasteiger partial charge in [-0.05, 0) is 24.1 Å². The average molecular weight is 555 g/mol. The maximum Gasteiger partial charge on any atom is 0.296 e. The summed E-state index contributed by atoms with van der Waals surface area (Å²) in [6.45, 7) is 3.86. The van der Waals surface area contributed by atoms with Crippen LogP contribution < -0.4 is 15.0 Å². The fourth-order valence-corrected chi connectivity index (χ4v) is 4.28. The predicted octanol–water partition coefficient (Wildman–Crippen LogP) is 2.69. The number of halogens is 3. The molecular weight excluding hydrogens is 530 g/mol. The zero-order valence-electron chi connectivity index (χ0n) is 20.4. The first-order valence-electron chi connectivity index (χ1n) is 11.9. The van der Waals surface area contributed by atoms with Gasteiger partial charge in [0.15, 0.2) is 11.8 Å². The Morgan fingerprint density at radius 2 is 1.95 bits per heavy atom. The highest BCUT2D eigenvalue weighted by atomic mass is 35.5. The molecule has 0 saturated carbocycles. The van der Waals surface area contributed by atoms with Gasteiger partial charge in [0.2, 0.25) is 5.88 Å². The van der Waals surface area contributed by atoms with Gasteiger partial charge in [0.05, 0.1) is 30.9 Å². The monoisotopic (exact) mass is 554 g/mol. The molecule has 3 N–H and O–H groups in total. The van der Waals surface area contributed by atoms with Crippen LogP contribution in [0.25, 0.3) is 11.2 Å². The topological polar surface area (TPSA) is 137 Å². The first-order valence-corrected chi connectivity index (χ1v) is 12.2. The van der Waals surface area contributed by atoms with E-state index in [-0.39, 0.29) is 53.9 Å². The number of nitrogens with one attached hydrogen (secondary N) is 2. The Bertz CT molecular complexity index is 1320. The number of hydrogen-bond acceptors (Lipinski definition) is 9. The van der Waals surface area contributed by atoms with Crippen molar-refractivity contribution < 1.29 is 42.5 Å². The Morgan fingerprint density at radius 3 is 2.68 bits per heavy atom. The summed E-state index contributed by atoms with van der Waals surface area (Å²) in [5.74, 6) is -2.69. The Morgan fingerprint density at radius 1 is 1.21 bits per heavy atom. The molecule has 0 spiro atoms. The van der Waals surface area contributed by atoms with Crippen LogP contribution in [-0.4, -0.2) is 70.2 Å². The van der Waals surface area contributed by atoms with Crippen molar-refractivity contribution in [2.24, 2.45) is 5.92 Å². The van der Waals surface area contributed by atoms with E-state index >= 15 is 0 Å². The number of amides is 1. The van der Waals surface area contributed by atoms with Crippen molar-refractivity contribution in [3.8, 4) is 11.9 Å². The van der Waals surface area contributed by atoms with Crippen molar-refractivity contribution in [1.82, 2.24) is 20.4 Å². The van der Waals surface area contributed by atoms with Crippen molar-refractivity contribution in [3.05, 3.63) is 46.0 Å². The van der Waals surface area contributed by atoms with E-state index in [0.717, 1.165) is 12.1 Å². The summed E-state index contributed by atoms with van der Waals surface area (Å²) >= 11 is 6.26. The Labute approximate surface area is 220 Å². The van der Waals surface area contributed by atoms with Gasteiger partial charge in [-0.3, -0.25) is 9.63 Å². The number of nitrogens with zero attached hydrogens (tertiary/aromatic N) is 2. The molecule has 4 atom stereocenters. The SMILES string of the molecule is CC(C)CONC(=O)c1cc(F)c(COc2nc3nc(O[C@@H]4COC5C4OC[C@H]5O)[nH]c3cc2Cl)c(F)c1. The number of imidazole rings is 1. The van der Waals surface area contributed by atoms with E-state index < -0.39 is 54.1 Å². The molecule has 204 valence electrons. The third-order valence-corrected chi connectivity index (χ3v) is 6.23. The molecule has 1 amide bonds. The molecule has 4 heterocycles. The van der Waals surface area contributed by atoms with Crippen molar-refractivity contribution in [3.63, 3.8) is 0 Å². The van der Waals surface area contributed by atoms with Crippen LogP contribution in [0.5, 0.6) is 11.9 Å². The van der Waals surface area contributed by atoms with Gasteiger partial charge in [-0.2, -0.15) is 9.97 Å². The van der Waals surface area contributed by atoms with Crippen molar-refractivity contribution >= 4 is 28.7 Å². The standard InChI is InChI=1S/C24H25ClF2N4O7/c1-10(2)6-37-31-22(33)11-3-14(26)12(15(27)4-11)7-36-23-13(25)5-16-21(29-23)30-24(28-16)38-18-9-35-19-17(32)8-34-20(18)19/h3-5,10,17-20,32H,6-9H2,1-2H3,(H,31,33)(H,28,29,30)/t17-,18-,19?,20?/m1/s1. The molecule has 2 fully saturated rings. The molecule has 11 nitrogen and oxygen atoms in total. The molecule has 5 rings (SSSR count). The van der Waals surface area contributed by atoms with Crippen LogP contribution in [-0.2, 0) is 20.9 Å². The highest BCUT2D eigenvalue weighted by molar-refractivity contribution is 6.32. The van der Waals surface area contributed by atoms with Crippen LogP contribution in [0.2, 0.25) is 5.02 Å². The number of pyridine rings is 1. The lowest BCUT2D eigenvalue weighted by atomic mass is 10.1. The second-order valence-electron chi connectivity index (χ2n) is 9.35. The number of aliphatic hydroxyl groups is 1. The summed E-state index contributed by atoms with van der Waals surface area (Å²) in [7, 11) is 0. The van der Waals surface area contributed by atoms with E-state index in [1.54, 1.807) is 0 Å². The quantitative estimate of drug-likeness (QED) is 0.341. The highest BCUT2D eigenvalue weighted by Crippen LogP contribution is 2.31. The predicted molar refractivity (Wildman–Crippen MR) is 128 cm³/mol. The maximum absolute atomic E-state index is 14.6. The fourth-order valence-electron chi connectivity index (χ4n) is 4.07. The minimum Gasteiger partial charge on any atom is -0.471 e. The number of hydroxylamine groups is 1. The molecule has 14 heteroatoms. The normalized spacial score (nSPS) is 22.7. The van der Waals surface area contributed by atoms with E-state index in [4.69, 9.17) is 35.4 Å². The first kappa shape index (κ1) is 26.5. The zero-order valence-corrected chi connectivity index (χ0v) is 21.1. The average Bonchev–Trinajstić information content (AvgIpc) is 3.54. The third kappa shape index (κ3) is 5.52. The summed E-state index contributed by atoms with van der Waals surface area (Å²) in [6, 6.07) is 3.38. The van der Waals surface area contributed by atoms with Gasteiger partial charge in [-0.1, -0.05) is 25.4 Å². The van der Waals surface area contributed by atoms with Gasteiger partial charge in [-0.25, -0.2) is 14.3 Å². The molecule has 0 bridgehead atoms. The molecule has 2 unspecified atom stereocenters. The van der Waals surface area contributed by atoms with Crippen LogP contribution in [0.4, 0.5) is 8.78 Å². The van der Waals surface area contributed by atoms with Crippen molar-refractivity contribution in [1.29, 1.82) is 0 Å². The number of aliphatic hydroxyl groups excluding tert-OH is 1. The lowest BCUT2D eigenvalue weighted by Gasteiger charge is -2.15. The van der Waals surface area contributed by atoms with Gasteiger partial charge >= 0.3 is 0 Å². The molecule has 1 aromatic carbocycles. The van der Waals surface area contributed by atoms with E-state index in [9.17, 15) is 18.7 Å². The Hall–Kier alpha value is -3.10. The summed E-state index contributed by atoms with van der Waals surface area (Å²) in [4.78, 5) is 28.5. The maximum atomic E-state index is 14.6. The summed E-state index contributed by atoms with van der Waals surface area (Å²) in [5.41, 5.74) is 2.12. The highest BCUT2D eigenvalue weighted by Gasteiger charge is 2.48. The van der Waals surface area contributed by atoms with Crippen LogP contribution in [0.3, 0.4) is 0 Å². The van der Waals surface area contributed by atoms with Crippen LogP contribution >= 0.6 is 11.6 Å². The van der Waals surface area contributed by atoms with Gasteiger partial charge in [0.25, 0.3) is 11.9 Å². The van der Waals surface area contributed by atoms with Crippen molar-refractivity contribution in [2.45, 2.75) is 44.9 Å². The Kier molecular flexibility index (Phi) is 7.63. The number of fused-ring (bicyclic) bond motifs is 2. The summed E-state index contributed by atoms with van der Waals surface area (Å²) in [5, 5.41) is 9.94. The number of carbonyl (C=O) groups is 1. The van der Waals surface area contributed by atoms with Gasteiger partial charge in [-0.15, -0.1) is 0 Å². The van der Waals surface area contributed by atoms with Crippen LogP contribution in [0.15, 0.2) is 18.2 Å². The summed E-state index contributed by atoms with van der Waals surface area (Å²) in [6.07, 6.45) is -2.08. The fraction of sp³-hybridized carbons (Fsp3) is 0.458. The number of aromatic nitrogens is 3. The number of aromatic amines is 1. The van der Waals surface area contributed by atoms with E-state index in [2.05, 4.69) is 20.4 Å². The summed E-state index contributed by atoms with van der Waals surface area (Å²) < 4.78 is 51.7. The number of hydrogen-bond donors (Lipinski definition) is 3. The lowest BCUT2D eigenvalue weighted by Crippen LogP contribution is -2.34. The molecule has 0 aliphatic carbocycles. The van der Waals surface area contributed by atoms with E-state index in [1.807, 2.05) is 13.8 Å². The molecule has 2 aliphatic rings. The number of ether oxygens (including phenoxy) is 4. The second-order valence-corrected chi connectivity index (χ2v) is 9.76. The van der Waals surface area contributed by atoms with Gasteiger partial charge in [0.1, 0.15) is 41.6 Å². The minimum atomic E-state index is -0.983. The zero-order chi connectivity index (χ0) is 27.0. The van der Waals surface area contributed by atoms with Gasteiger partial charge in [0, 0.05) is 5.56 Å². The smallest absolute Gasteiger partial charge is 0.296 e. The number of benzene rings is 1. The molecule has 38 heavy (non-hydrogen) atoms. The lowest BCUT2D eigenvalue weighted by molar-refractivity contribution is 0.00706. The molecule has 2 saturated heterocycles. The van der Waals surface area contributed by atoms with Crippen LogP contribution in [0.1, 0.15) is 29.8 Å². The number of carbonyl (C=O) groups excluding carboxylic acids is 1.